The van der Waals surface area contributed by atoms with Crippen molar-refractivity contribution in [3.05, 3.63) is 64.1 Å². The normalized spacial score (nSPS) is 11.0. The first-order valence-corrected chi connectivity index (χ1v) is 7.18. The third-order valence-electron chi connectivity index (χ3n) is 2.72. The fraction of sp³-hybridized carbons (Fsp3) is 0.0625. The van der Waals surface area contributed by atoms with Gasteiger partial charge in [-0.15, -0.1) is 0 Å². The molecular weight excluding hydrogens is 347 g/mol. The quantitative estimate of drug-likeness (QED) is 0.742. The summed E-state index contributed by atoms with van der Waals surface area (Å²) in [6, 6.07) is 10.6. The third kappa shape index (κ3) is 5.54. The lowest BCUT2D eigenvalue weighted by molar-refractivity contribution is -0.111. The Morgan fingerprint density at radius 2 is 1.83 bits per heavy atom. The highest BCUT2D eigenvalue weighted by Crippen LogP contribution is 2.25. The predicted octanol–water partition coefficient (Wildman–Crippen LogP) is 5.25. The van der Waals surface area contributed by atoms with Gasteiger partial charge in [-0.1, -0.05) is 35.3 Å². The summed E-state index contributed by atoms with van der Waals surface area (Å²) in [5, 5.41) is 3.41. The average Bonchev–Trinajstić information content (AvgIpc) is 2.50. The lowest BCUT2D eigenvalue weighted by atomic mass is 10.2. The second kappa shape index (κ2) is 7.94. The van der Waals surface area contributed by atoms with Crippen molar-refractivity contribution in [2.75, 3.05) is 5.32 Å². The van der Waals surface area contributed by atoms with Crippen molar-refractivity contribution >= 4 is 40.9 Å². The van der Waals surface area contributed by atoms with Crippen molar-refractivity contribution in [2.24, 2.45) is 0 Å². The number of rotatable bonds is 5. The monoisotopic (exact) mass is 357 g/mol. The Morgan fingerprint density at radius 3 is 2.48 bits per heavy atom. The molecule has 0 bridgehead atoms. The summed E-state index contributed by atoms with van der Waals surface area (Å²) in [4.78, 5) is 11.8. The number of nitrogens with one attached hydrogen (secondary N) is 1. The van der Waals surface area contributed by atoms with Crippen LogP contribution in [0.3, 0.4) is 0 Å². The summed E-state index contributed by atoms with van der Waals surface area (Å²) in [6.45, 7) is -2.87. The molecule has 1 N–H and O–H groups in total. The SMILES string of the molecule is O=C(/C=C/c1ccc(OC(F)F)cc1)Nc1cc(Cl)ccc1Cl. The molecule has 0 aliphatic carbocycles. The Morgan fingerprint density at radius 1 is 1.13 bits per heavy atom. The second-order valence-corrected chi connectivity index (χ2v) is 5.24. The van der Waals surface area contributed by atoms with Crippen LogP contribution in [0.1, 0.15) is 5.56 Å². The number of halogens is 4. The maximum atomic E-state index is 12.0. The molecule has 0 spiro atoms. The molecule has 7 heteroatoms. The van der Waals surface area contributed by atoms with E-state index >= 15 is 0 Å². The van der Waals surface area contributed by atoms with Crippen LogP contribution in [-0.4, -0.2) is 12.5 Å². The lowest BCUT2D eigenvalue weighted by Gasteiger charge is -2.05. The Bertz CT molecular complexity index is 719. The average molecular weight is 358 g/mol. The standard InChI is InChI=1S/C16H11Cl2F2NO2/c17-11-4-7-13(18)14(9-11)21-15(22)8-3-10-1-5-12(6-2-10)23-16(19)20/h1-9,16H,(H,21,22)/b8-3+. The molecule has 23 heavy (non-hydrogen) atoms. The first-order chi connectivity index (χ1) is 10.9. The molecule has 0 radical (unpaired) electrons. The van der Waals surface area contributed by atoms with Crippen molar-refractivity contribution in [1.29, 1.82) is 0 Å². The highest BCUT2D eigenvalue weighted by molar-refractivity contribution is 6.35. The van der Waals surface area contributed by atoms with Gasteiger partial charge in [-0.05, 0) is 42.0 Å². The van der Waals surface area contributed by atoms with Crippen molar-refractivity contribution in [2.45, 2.75) is 6.61 Å². The van der Waals surface area contributed by atoms with Crippen molar-refractivity contribution in [3.63, 3.8) is 0 Å². The minimum absolute atomic E-state index is 0.0484. The second-order valence-electron chi connectivity index (χ2n) is 4.39. The summed E-state index contributed by atoms with van der Waals surface area (Å²) < 4.78 is 28.3. The molecule has 0 fully saturated rings. The molecule has 0 aliphatic rings. The van der Waals surface area contributed by atoms with Crippen LogP contribution < -0.4 is 10.1 Å². The maximum Gasteiger partial charge on any atom is 0.387 e. The zero-order valence-electron chi connectivity index (χ0n) is 11.6. The molecule has 2 rings (SSSR count). The van der Waals surface area contributed by atoms with Gasteiger partial charge in [-0.25, -0.2) is 0 Å². The Labute approximate surface area is 141 Å². The smallest absolute Gasteiger partial charge is 0.387 e. The van der Waals surface area contributed by atoms with E-state index in [1.54, 1.807) is 24.3 Å². The van der Waals surface area contributed by atoms with Crippen LogP contribution >= 0.6 is 23.2 Å². The number of amides is 1. The first kappa shape index (κ1) is 17.2. The molecule has 0 saturated carbocycles. The van der Waals surface area contributed by atoms with Gasteiger partial charge >= 0.3 is 6.61 Å². The third-order valence-corrected chi connectivity index (χ3v) is 3.28. The summed E-state index contributed by atoms with van der Waals surface area (Å²) in [7, 11) is 0. The van der Waals surface area contributed by atoms with Crippen molar-refractivity contribution in [3.8, 4) is 5.75 Å². The number of benzene rings is 2. The van der Waals surface area contributed by atoms with Crippen LogP contribution in [-0.2, 0) is 4.79 Å². The molecule has 0 aromatic heterocycles. The van der Waals surface area contributed by atoms with Gasteiger partial charge in [-0.3, -0.25) is 4.79 Å². The van der Waals surface area contributed by atoms with E-state index in [0.717, 1.165) is 0 Å². The van der Waals surface area contributed by atoms with Gasteiger partial charge in [0.25, 0.3) is 0 Å². The van der Waals surface area contributed by atoms with Crippen LogP contribution in [0.5, 0.6) is 5.75 Å². The molecule has 2 aromatic rings. The minimum atomic E-state index is -2.87. The largest absolute Gasteiger partial charge is 0.435 e. The Kier molecular flexibility index (Phi) is 5.96. The number of hydrogen-bond acceptors (Lipinski definition) is 2. The Hall–Kier alpha value is -2.11. The Balaban J connectivity index is 1.99. The first-order valence-electron chi connectivity index (χ1n) is 6.43. The van der Waals surface area contributed by atoms with Crippen LogP contribution in [0, 0.1) is 0 Å². The van der Waals surface area contributed by atoms with Crippen LogP contribution in [0.25, 0.3) is 6.08 Å². The van der Waals surface area contributed by atoms with Gasteiger partial charge in [-0.2, -0.15) is 8.78 Å². The molecular formula is C16H11Cl2F2NO2. The van der Waals surface area contributed by atoms with Gasteiger partial charge in [0, 0.05) is 11.1 Å². The van der Waals surface area contributed by atoms with E-state index in [4.69, 9.17) is 23.2 Å². The van der Waals surface area contributed by atoms with Crippen LogP contribution in [0.15, 0.2) is 48.5 Å². The molecule has 120 valence electrons. The van der Waals surface area contributed by atoms with E-state index < -0.39 is 12.5 Å². The van der Waals surface area contributed by atoms with Crippen molar-refractivity contribution < 1.29 is 18.3 Å². The van der Waals surface area contributed by atoms with E-state index in [1.165, 1.54) is 30.4 Å². The van der Waals surface area contributed by atoms with Crippen molar-refractivity contribution in [1.82, 2.24) is 0 Å². The zero-order valence-corrected chi connectivity index (χ0v) is 13.1. The van der Waals surface area contributed by atoms with Crippen LogP contribution in [0.2, 0.25) is 10.0 Å². The fourth-order valence-electron chi connectivity index (χ4n) is 1.70. The van der Waals surface area contributed by atoms with E-state index in [2.05, 4.69) is 10.1 Å². The number of carbonyl (C=O) groups is 1. The molecule has 3 nitrogen and oxygen atoms in total. The molecule has 1 amide bonds. The summed E-state index contributed by atoms with van der Waals surface area (Å²) in [5.74, 6) is -0.352. The van der Waals surface area contributed by atoms with Gasteiger partial charge in [0.15, 0.2) is 0 Å². The zero-order chi connectivity index (χ0) is 16.8. The van der Waals surface area contributed by atoms with Gasteiger partial charge in [0.2, 0.25) is 5.91 Å². The molecule has 0 atom stereocenters. The molecule has 0 heterocycles. The molecule has 0 aliphatic heterocycles. The predicted molar refractivity (Wildman–Crippen MR) is 87.2 cm³/mol. The maximum absolute atomic E-state index is 12.0. The topological polar surface area (TPSA) is 38.3 Å². The van der Waals surface area contributed by atoms with E-state index in [0.29, 0.717) is 21.3 Å². The number of alkyl halides is 2. The number of carbonyl (C=O) groups excluding carboxylic acids is 1. The van der Waals surface area contributed by atoms with Gasteiger partial charge in [0.1, 0.15) is 5.75 Å². The van der Waals surface area contributed by atoms with Crippen LogP contribution in [0.4, 0.5) is 14.5 Å². The van der Waals surface area contributed by atoms with E-state index in [1.807, 2.05) is 0 Å². The summed E-state index contributed by atoms with van der Waals surface area (Å²) in [6.07, 6.45) is 2.82. The molecule has 0 saturated heterocycles. The number of ether oxygens (including phenoxy) is 1. The molecule has 0 unspecified atom stereocenters. The molecule has 2 aromatic carbocycles. The highest BCUT2D eigenvalue weighted by atomic mass is 35.5. The summed E-state index contributed by atoms with van der Waals surface area (Å²) >= 11 is 11.8. The van der Waals surface area contributed by atoms with Gasteiger partial charge < -0.3 is 10.1 Å². The number of hydrogen-bond donors (Lipinski definition) is 1. The summed E-state index contributed by atoms with van der Waals surface area (Å²) in [5.41, 5.74) is 1.05. The lowest BCUT2D eigenvalue weighted by Crippen LogP contribution is -2.08. The fourth-order valence-corrected chi connectivity index (χ4v) is 2.04. The van der Waals surface area contributed by atoms with E-state index in [9.17, 15) is 13.6 Å². The highest BCUT2D eigenvalue weighted by Gasteiger charge is 2.05. The number of anilines is 1. The van der Waals surface area contributed by atoms with Gasteiger partial charge in [0.05, 0.1) is 10.7 Å². The van der Waals surface area contributed by atoms with E-state index in [-0.39, 0.29) is 5.75 Å². The minimum Gasteiger partial charge on any atom is -0.435 e.